The molecule has 0 aliphatic heterocycles. The van der Waals surface area contributed by atoms with E-state index in [1.165, 1.54) is 10.5 Å². The van der Waals surface area contributed by atoms with Gasteiger partial charge in [0.2, 0.25) is 5.91 Å². The molecule has 1 atom stereocenters. The summed E-state index contributed by atoms with van der Waals surface area (Å²) in [6.45, 7) is 6.93. The average Bonchev–Trinajstić information content (AvgIpc) is 2.36. The normalized spacial score (nSPS) is 12.2. The van der Waals surface area contributed by atoms with Crippen molar-refractivity contribution in [1.29, 1.82) is 0 Å². The number of hydrogen-bond acceptors (Lipinski definition) is 2. The second kappa shape index (κ2) is 8.20. The van der Waals surface area contributed by atoms with Crippen molar-refractivity contribution < 1.29 is 4.79 Å². The highest BCUT2D eigenvalue weighted by Gasteiger charge is 2.10. The standard InChI is InChI=1S/C15H23NOS/c1-4-5-13(3)15(17)16-10-11-18-14-8-6-12(2)7-9-14/h6-9,13H,4-5,10-11H2,1-3H3,(H,16,17). The van der Waals surface area contributed by atoms with Crippen LogP contribution in [0, 0.1) is 12.8 Å². The summed E-state index contributed by atoms with van der Waals surface area (Å²) in [5, 5.41) is 2.99. The highest BCUT2D eigenvalue weighted by atomic mass is 32.2. The molecule has 0 bridgehead atoms. The SMILES string of the molecule is CCCC(C)C(=O)NCCSc1ccc(C)cc1. The maximum atomic E-state index is 11.7. The van der Waals surface area contributed by atoms with Gasteiger partial charge in [-0.05, 0) is 25.5 Å². The molecule has 0 aliphatic rings. The second-order valence-corrected chi connectivity index (χ2v) is 5.81. The monoisotopic (exact) mass is 265 g/mol. The van der Waals surface area contributed by atoms with E-state index in [9.17, 15) is 4.79 Å². The maximum Gasteiger partial charge on any atom is 0.222 e. The quantitative estimate of drug-likeness (QED) is 0.602. The molecular weight excluding hydrogens is 242 g/mol. The van der Waals surface area contributed by atoms with Crippen LogP contribution in [0.1, 0.15) is 32.3 Å². The lowest BCUT2D eigenvalue weighted by atomic mass is 10.1. The number of carbonyl (C=O) groups excluding carboxylic acids is 1. The Bertz CT molecular complexity index is 361. The van der Waals surface area contributed by atoms with E-state index in [1.807, 2.05) is 6.92 Å². The van der Waals surface area contributed by atoms with E-state index in [1.54, 1.807) is 11.8 Å². The van der Waals surface area contributed by atoms with Crippen molar-refractivity contribution in [2.45, 2.75) is 38.5 Å². The molecule has 0 saturated heterocycles. The van der Waals surface area contributed by atoms with Gasteiger partial charge in [0.15, 0.2) is 0 Å². The summed E-state index contributed by atoms with van der Waals surface area (Å²) >= 11 is 1.78. The molecule has 1 unspecified atom stereocenters. The van der Waals surface area contributed by atoms with Crippen molar-refractivity contribution in [3.05, 3.63) is 29.8 Å². The second-order valence-electron chi connectivity index (χ2n) is 4.64. The van der Waals surface area contributed by atoms with E-state index < -0.39 is 0 Å². The Kier molecular flexibility index (Phi) is 6.88. The lowest BCUT2D eigenvalue weighted by molar-refractivity contribution is -0.124. The van der Waals surface area contributed by atoms with Gasteiger partial charge in [0.1, 0.15) is 0 Å². The van der Waals surface area contributed by atoms with Gasteiger partial charge in [-0.15, -0.1) is 11.8 Å². The molecule has 1 rings (SSSR count). The Morgan fingerprint density at radius 3 is 2.61 bits per heavy atom. The Morgan fingerprint density at radius 1 is 1.33 bits per heavy atom. The average molecular weight is 265 g/mol. The van der Waals surface area contributed by atoms with Crippen LogP contribution in [-0.4, -0.2) is 18.2 Å². The molecule has 3 heteroatoms. The number of hydrogen-bond donors (Lipinski definition) is 1. The first-order chi connectivity index (χ1) is 8.63. The minimum Gasteiger partial charge on any atom is -0.355 e. The molecule has 0 aromatic heterocycles. The van der Waals surface area contributed by atoms with Gasteiger partial charge in [0.25, 0.3) is 0 Å². The van der Waals surface area contributed by atoms with E-state index in [0.29, 0.717) is 0 Å². The molecule has 0 saturated carbocycles. The maximum absolute atomic E-state index is 11.7. The smallest absolute Gasteiger partial charge is 0.222 e. The van der Waals surface area contributed by atoms with Crippen molar-refractivity contribution in [1.82, 2.24) is 5.32 Å². The molecule has 18 heavy (non-hydrogen) atoms. The fourth-order valence-corrected chi connectivity index (χ4v) is 2.48. The molecule has 1 aromatic carbocycles. The molecule has 100 valence electrons. The first-order valence-corrected chi connectivity index (χ1v) is 7.59. The predicted molar refractivity (Wildman–Crippen MR) is 79.0 cm³/mol. The summed E-state index contributed by atoms with van der Waals surface area (Å²) in [6, 6.07) is 8.48. The highest BCUT2D eigenvalue weighted by molar-refractivity contribution is 7.99. The molecule has 1 amide bonds. The van der Waals surface area contributed by atoms with Crippen molar-refractivity contribution in [3.8, 4) is 0 Å². The van der Waals surface area contributed by atoms with Crippen LogP contribution >= 0.6 is 11.8 Å². The van der Waals surface area contributed by atoms with E-state index in [0.717, 1.165) is 25.1 Å². The summed E-state index contributed by atoms with van der Waals surface area (Å²) in [5.74, 6) is 1.24. The summed E-state index contributed by atoms with van der Waals surface area (Å²) in [5.41, 5.74) is 1.28. The third-order valence-electron chi connectivity index (χ3n) is 2.86. The van der Waals surface area contributed by atoms with Gasteiger partial charge in [-0.3, -0.25) is 4.79 Å². The topological polar surface area (TPSA) is 29.1 Å². The van der Waals surface area contributed by atoms with Gasteiger partial charge in [-0.25, -0.2) is 0 Å². The number of carbonyl (C=O) groups is 1. The van der Waals surface area contributed by atoms with Crippen molar-refractivity contribution >= 4 is 17.7 Å². The third-order valence-corrected chi connectivity index (χ3v) is 3.87. The minimum absolute atomic E-state index is 0.138. The van der Waals surface area contributed by atoms with Gasteiger partial charge >= 0.3 is 0 Å². The Labute approximate surface area is 115 Å². The molecule has 1 N–H and O–H groups in total. The van der Waals surface area contributed by atoms with Crippen LogP contribution in [0.5, 0.6) is 0 Å². The molecule has 2 nitrogen and oxygen atoms in total. The van der Waals surface area contributed by atoms with Crippen LogP contribution in [0.4, 0.5) is 0 Å². The van der Waals surface area contributed by atoms with Crippen LogP contribution in [0.25, 0.3) is 0 Å². The molecule has 0 aliphatic carbocycles. The van der Waals surface area contributed by atoms with Crippen LogP contribution in [0.15, 0.2) is 29.2 Å². The van der Waals surface area contributed by atoms with E-state index >= 15 is 0 Å². The van der Waals surface area contributed by atoms with Crippen molar-refractivity contribution in [3.63, 3.8) is 0 Å². The van der Waals surface area contributed by atoms with Crippen LogP contribution in [-0.2, 0) is 4.79 Å². The minimum atomic E-state index is 0.138. The first-order valence-electron chi connectivity index (χ1n) is 6.60. The zero-order chi connectivity index (χ0) is 13.4. The zero-order valence-corrected chi connectivity index (χ0v) is 12.3. The Balaban J connectivity index is 2.18. The number of amides is 1. The van der Waals surface area contributed by atoms with Crippen LogP contribution in [0.3, 0.4) is 0 Å². The summed E-state index contributed by atoms with van der Waals surface area (Å²) in [4.78, 5) is 12.9. The largest absolute Gasteiger partial charge is 0.355 e. The summed E-state index contributed by atoms with van der Waals surface area (Å²) in [6.07, 6.45) is 2.03. The molecule has 1 aromatic rings. The zero-order valence-electron chi connectivity index (χ0n) is 11.5. The lowest BCUT2D eigenvalue weighted by Crippen LogP contribution is -2.30. The fraction of sp³-hybridized carbons (Fsp3) is 0.533. The van der Waals surface area contributed by atoms with Gasteiger partial charge in [0.05, 0.1) is 0 Å². The fourth-order valence-electron chi connectivity index (χ4n) is 1.72. The summed E-state index contributed by atoms with van der Waals surface area (Å²) < 4.78 is 0. The van der Waals surface area contributed by atoms with Gasteiger partial charge in [-0.1, -0.05) is 38.0 Å². The van der Waals surface area contributed by atoms with Gasteiger partial charge in [-0.2, -0.15) is 0 Å². The number of rotatable bonds is 7. The third kappa shape index (κ3) is 5.58. The number of benzene rings is 1. The van der Waals surface area contributed by atoms with E-state index in [4.69, 9.17) is 0 Å². The van der Waals surface area contributed by atoms with Crippen molar-refractivity contribution in [2.75, 3.05) is 12.3 Å². The van der Waals surface area contributed by atoms with Crippen LogP contribution in [0.2, 0.25) is 0 Å². The number of aryl methyl sites for hydroxylation is 1. The molecule has 0 radical (unpaired) electrons. The number of nitrogens with one attached hydrogen (secondary N) is 1. The Hall–Kier alpha value is -0.960. The van der Waals surface area contributed by atoms with E-state index in [-0.39, 0.29) is 11.8 Å². The van der Waals surface area contributed by atoms with Crippen LogP contribution < -0.4 is 5.32 Å². The molecular formula is C15H23NOS. The molecule has 0 heterocycles. The first kappa shape index (κ1) is 15.1. The lowest BCUT2D eigenvalue weighted by Gasteiger charge is -2.10. The van der Waals surface area contributed by atoms with Gasteiger partial charge in [0, 0.05) is 23.1 Å². The Morgan fingerprint density at radius 2 is 2.00 bits per heavy atom. The predicted octanol–water partition coefficient (Wildman–Crippen LogP) is 3.64. The van der Waals surface area contributed by atoms with Gasteiger partial charge < -0.3 is 5.32 Å². The highest BCUT2D eigenvalue weighted by Crippen LogP contribution is 2.17. The number of thioether (sulfide) groups is 1. The van der Waals surface area contributed by atoms with E-state index in [2.05, 4.69) is 43.4 Å². The molecule has 0 spiro atoms. The van der Waals surface area contributed by atoms with Crippen molar-refractivity contribution in [2.24, 2.45) is 5.92 Å². The molecule has 0 fully saturated rings. The summed E-state index contributed by atoms with van der Waals surface area (Å²) in [7, 11) is 0.